The van der Waals surface area contributed by atoms with E-state index >= 15 is 0 Å². The number of carbonyl (C=O) groups excluding carboxylic acids is 1. The van der Waals surface area contributed by atoms with Gasteiger partial charge in [0, 0.05) is 17.0 Å². The largest absolute Gasteiger partial charge is 0.355 e. The van der Waals surface area contributed by atoms with Crippen LogP contribution in [0.25, 0.3) is 21.3 Å². The molecule has 5 nitrogen and oxygen atoms in total. The third-order valence-corrected chi connectivity index (χ3v) is 6.03. The molecular weight excluding hydrogens is 378 g/mol. The number of benzene rings is 1. The zero-order valence-electron chi connectivity index (χ0n) is 15.7. The van der Waals surface area contributed by atoms with Crippen LogP contribution in [-0.4, -0.2) is 28.2 Å². The number of H-pyrrole nitrogens is 1. The van der Waals surface area contributed by atoms with Crippen LogP contribution in [0.2, 0.25) is 0 Å². The first-order chi connectivity index (χ1) is 13.0. The van der Waals surface area contributed by atoms with Gasteiger partial charge in [0.15, 0.2) is 5.16 Å². The van der Waals surface area contributed by atoms with Crippen molar-refractivity contribution >= 4 is 39.2 Å². The molecule has 2 N–H and O–H groups in total. The molecule has 0 aliphatic carbocycles. The second-order valence-corrected chi connectivity index (χ2v) is 8.94. The Kier molecular flexibility index (Phi) is 6.34. The van der Waals surface area contributed by atoms with E-state index in [9.17, 15) is 9.59 Å². The van der Waals surface area contributed by atoms with Crippen LogP contribution < -0.4 is 10.9 Å². The maximum Gasteiger partial charge on any atom is 0.260 e. The minimum absolute atomic E-state index is 0.0456. The number of hydrogen-bond donors (Lipinski definition) is 2. The van der Waals surface area contributed by atoms with Crippen LogP contribution in [0.3, 0.4) is 0 Å². The van der Waals surface area contributed by atoms with E-state index in [0.29, 0.717) is 27.8 Å². The van der Waals surface area contributed by atoms with Crippen molar-refractivity contribution in [2.75, 3.05) is 12.3 Å². The van der Waals surface area contributed by atoms with Gasteiger partial charge in [-0.15, -0.1) is 11.3 Å². The fraction of sp³-hybridized carbons (Fsp3) is 0.350. The van der Waals surface area contributed by atoms with E-state index in [2.05, 4.69) is 29.1 Å². The number of rotatable bonds is 7. The normalized spacial score (nSPS) is 11.3. The van der Waals surface area contributed by atoms with E-state index in [1.807, 2.05) is 37.3 Å². The van der Waals surface area contributed by atoms with Crippen molar-refractivity contribution in [3.63, 3.8) is 0 Å². The van der Waals surface area contributed by atoms with E-state index in [-0.39, 0.29) is 17.2 Å². The summed E-state index contributed by atoms with van der Waals surface area (Å²) in [5.74, 6) is 0.748. The molecule has 0 unspecified atom stereocenters. The number of thioether (sulfide) groups is 1. The lowest BCUT2D eigenvalue weighted by molar-refractivity contribution is -0.118. The van der Waals surface area contributed by atoms with Crippen LogP contribution in [0.1, 0.15) is 25.1 Å². The van der Waals surface area contributed by atoms with Gasteiger partial charge in [-0.1, -0.05) is 55.9 Å². The Morgan fingerprint density at radius 1 is 1.30 bits per heavy atom. The van der Waals surface area contributed by atoms with Gasteiger partial charge in [0.2, 0.25) is 5.91 Å². The molecule has 0 radical (unpaired) electrons. The average molecular weight is 402 g/mol. The maximum absolute atomic E-state index is 12.7. The van der Waals surface area contributed by atoms with Crippen molar-refractivity contribution in [1.29, 1.82) is 0 Å². The Morgan fingerprint density at radius 3 is 2.74 bits per heavy atom. The lowest BCUT2D eigenvalue weighted by Gasteiger charge is -2.07. The number of aromatic amines is 1. The number of aryl methyl sites for hydroxylation is 1. The molecule has 2 aromatic heterocycles. The molecule has 3 rings (SSSR count). The number of hydrogen-bond acceptors (Lipinski definition) is 5. The van der Waals surface area contributed by atoms with Gasteiger partial charge in [0.05, 0.1) is 11.1 Å². The molecule has 0 aliphatic rings. The Balaban J connectivity index is 1.78. The Labute approximate surface area is 166 Å². The predicted octanol–water partition coefficient (Wildman–Crippen LogP) is 4.21. The topological polar surface area (TPSA) is 74.8 Å². The van der Waals surface area contributed by atoms with Crippen LogP contribution in [0.4, 0.5) is 0 Å². The number of nitrogens with one attached hydrogen (secondary N) is 2. The third-order valence-electron chi connectivity index (χ3n) is 4.16. The molecule has 2 heterocycles. The van der Waals surface area contributed by atoms with Gasteiger partial charge in [-0.05, 0) is 24.8 Å². The summed E-state index contributed by atoms with van der Waals surface area (Å²) in [7, 11) is 0. The van der Waals surface area contributed by atoms with E-state index in [0.717, 1.165) is 22.4 Å². The summed E-state index contributed by atoms with van der Waals surface area (Å²) in [6.07, 6.45) is 0.953. The molecule has 0 saturated heterocycles. The first-order valence-corrected chi connectivity index (χ1v) is 10.7. The van der Waals surface area contributed by atoms with Crippen molar-refractivity contribution in [1.82, 2.24) is 15.3 Å². The van der Waals surface area contributed by atoms with Crippen LogP contribution in [0.15, 0.2) is 40.3 Å². The van der Waals surface area contributed by atoms with Crippen LogP contribution in [-0.2, 0) is 4.79 Å². The number of amides is 1. The summed E-state index contributed by atoms with van der Waals surface area (Å²) in [5, 5.41) is 3.99. The fourth-order valence-corrected chi connectivity index (χ4v) is 4.60. The van der Waals surface area contributed by atoms with Gasteiger partial charge in [0.1, 0.15) is 4.83 Å². The third kappa shape index (κ3) is 4.78. The molecule has 27 heavy (non-hydrogen) atoms. The van der Waals surface area contributed by atoms with Gasteiger partial charge in [0.25, 0.3) is 5.56 Å². The highest BCUT2D eigenvalue weighted by Gasteiger charge is 2.17. The highest BCUT2D eigenvalue weighted by molar-refractivity contribution is 7.99. The minimum atomic E-state index is -0.161. The monoisotopic (exact) mass is 401 g/mol. The lowest BCUT2D eigenvalue weighted by atomic mass is 10.0. The Morgan fingerprint density at radius 2 is 2.04 bits per heavy atom. The van der Waals surface area contributed by atoms with Crippen molar-refractivity contribution in [2.24, 2.45) is 5.92 Å². The van der Waals surface area contributed by atoms with Crippen LogP contribution in [0.5, 0.6) is 0 Å². The molecule has 0 spiro atoms. The molecule has 0 fully saturated rings. The zero-order chi connectivity index (χ0) is 19.4. The molecule has 1 aromatic carbocycles. The molecule has 0 saturated carbocycles. The summed E-state index contributed by atoms with van der Waals surface area (Å²) in [6, 6.07) is 9.87. The first kappa shape index (κ1) is 19.6. The number of thiophene rings is 1. The number of fused-ring (bicyclic) bond motifs is 1. The van der Waals surface area contributed by atoms with Crippen LogP contribution >= 0.6 is 23.1 Å². The standard InChI is InChI=1S/C20H23N3O2S2/c1-12(2)9-10-21-15(24)11-26-20-22-18(25)17-16(13(3)27-19(17)23-20)14-7-5-4-6-8-14/h4-8,12H,9-11H2,1-3H3,(H,21,24)(H,22,23,25). The molecule has 3 aromatic rings. The molecule has 0 atom stereocenters. The minimum Gasteiger partial charge on any atom is -0.355 e. The first-order valence-electron chi connectivity index (χ1n) is 8.94. The van der Waals surface area contributed by atoms with Gasteiger partial charge in [-0.3, -0.25) is 9.59 Å². The fourth-order valence-electron chi connectivity index (χ4n) is 2.81. The van der Waals surface area contributed by atoms with E-state index in [1.165, 1.54) is 23.1 Å². The van der Waals surface area contributed by atoms with Gasteiger partial charge in [-0.25, -0.2) is 4.98 Å². The average Bonchev–Trinajstić information content (AvgIpc) is 2.97. The summed E-state index contributed by atoms with van der Waals surface area (Å²) >= 11 is 2.76. The molecule has 0 bridgehead atoms. The highest BCUT2D eigenvalue weighted by atomic mass is 32.2. The molecule has 0 aliphatic heterocycles. The van der Waals surface area contributed by atoms with Gasteiger partial charge < -0.3 is 10.3 Å². The molecular formula is C20H23N3O2S2. The molecule has 1 amide bonds. The summed E-state index contributed by atoms with van der Waals surface area (Å²) < 4.78 is 0. The van der Waals surface area contributed by atoms with Crippen LogP contribution in [0, 0.1) is 12.8 Å². The second kappa shape index (κ2) is 8.71. The maximum atomic E-state index is 12.7. The van der Waals surface area contributed by atoms with E-state index in [1.54, 1.807) is 0 Å². The Hall–Kier alpha value is -2.12. The summed E-state index contributed by atoms with van der Waals surface area (Å²) in [4.78, 5) is 33.8. The summed E-state index contributed by atoms with van der Waals surface area (Å²) in [6.45, 7) is 6.92. The number of nitrogens with zero attached hydrogens (tertiary/aromatic N) is 1. The predicted molar refractivity (Wildman–Crippen MR) is 114 cm³/mol. The van der Waals surface area contributed by atoms with Crippen molar-refractivity contribution in [3.8, 4) is 11.1 Å². The number of carbonyl (C=O) groups is 1. The van der Waals surface area contributed by atoms with Crippen molar-refractivity contribution < 1.29 is 4.79 Å². The lowest BCUT2D eigenvalue weighted by Crippen LogP contribution is -2.27. The highest BCUT2D eigenvalue weighted by Crippen LogP contribution is 2.35. The van der Waals surface area contributed by atoms with Gasteiger partial charge in [-0.2, -0.15) is 0 Å². The quantitative estimate of drug-likeness (QED) is 0.459. The van der Waals surface area contributed by atoms with Crippen molar-refractivity contribution in [3.05, 3.63) is 45.6 Å². The second-order valence-electron chi connectivity index (χ2n) is 6.77. The molecule has 7 heteroatoms. The van der Waals surface area contributed by atoms with E-state index < -0.39 is 0 Å². The zero-order valence-corrected chi connectivity index (χ0v) is 17.3. The van der Waals surface area contributed by atoms with Gasteiger partial charge >= 0.3 is 0 Å². The van der Waals surface area contributed by atoms with E-state index in [4.69, 9.17) is 0 Å². The van der Waals surface area contributed by atoms with Crippen molar-refractivity contribution in [2.45, 2.75) is 32.3 Å². The SMILES string of the molecule is Cc1sc2nc(SCC(=O)NCCC(C)C)[nH]c(=O)c2c1-c1ccccc1. The number of aromatic nitrogens is 2. The smallest absolute Gasteiger partial charge is 0.260 e. The summed E-state index contributed by atoms with van der Waals surface area (Å²) in [5.41, 5.74) is 1.79. The molecule has 142 valence electrons. The Bertz CT molecular complexity index is 994.